The van der Waals surface area contributed by atoms with Crippen molar-refractivity contribution in [3.63, 3.8) is 0 Å². The minimum atomic E-state index is -3.84. The van der Waals surface area contributed by atoms with Gasteiger partial charge in [0.1, 0.15) is 5.92 Å². The smallest absolute Gasteiger partial charge is 0.313 e. The number of hydrazine groups is 1. The Morgan fingerprint density at radius 3 is 2.60 bits per heavy atom. The van der Waals surface area contributed by atoms with Gasteiger partial charge in [0, 0.05) is 11.7 Å². The Morgan fingerprint density at radius 1 is 1.28 bits per heavy atom. The van der Waals surface area contributed by atoms with Crippen molar-refractivity contribution in [2.75, 3.05) is 11.3 Å². The molecule has 0 aliphatic carbocycles. The third-order valence-electron chi connectivity index (χ3n) is 4.32. The van der Waals surface area contributed by atoms with E-state index in [1.54, 1.807) is 19.1 Å². The minimum Gasteiger partial charge on any atom is -0.466 e. The van der Waals surface area contributed by atoms with Crippen molar-refractivity contribution in [3.8, 4) is 0 Å². The van der Waals surface area contributed by atoms with E-state index in [9.17, 15) is 13.2 Å². The van der Waals surface area contributed by atoms with E-state index < -0.39 is 27.3 Å². The molecule has 1 aliphatic heterocycles. The molecule has 3 N–H and O–H groups in total. The molecule has 0 bridgehead atoms. The van der Waals surface area contributed by atoms with Crippen LogP contribution in [0.5, 0.6) is 0 Å². The number of rotatable bonds is 7. The van der Waals surface area contributed by atoms with E-state index in [2.05, 4.69) is 15.6 Å². The monoisotopic (exact) mass is 369 g/mol. The highest BCUT2D eigenvalue weighted by Crippen LogP contribution is 2.26. The van der Waals surface area contributed by atoms with Gasteiger partial charge in [-0.3, -0.25) is 14.9 Å². The highest BCUT2D eigenvalue weighted by molar-refractivity contribution is 7.93. The van der Waals surface area contributed by atoms with Crippen LogP contribution in [0.3, 0.4) is 0 Å². The van der Waals surface area contributed by atoms with Gasteiger partial charge in [0.25, 0.3) is 10.0 Å². The van der Waals surface area contributed by atoms with Crippen LogP contribution in [0.2, 0.25) is 0 Å². The van der Waals surface area contributed by atoms with Gasteiger partial charge in [-0.1, -0.05) is 32.9 Å². The summed E-state index contributed by atoms with van der Waals surface area (Å²) in [5.74, 6) is -1.04. The molecule has 1 saturated heterocycles. The second kappa shape index (κ2) is 8.16. The maximum Gasteiger partial charge on any atom is 0.313 e. The number of esters is 1. The Morgan fingerprint density at radius 2 is 2.00 bits per heavy atom. The molecule has 0 spiro atoms. The molecule has 1 heterocycles. The largest absolute Gasteiger partial charge is 0.466 e. The fraction of sp³-hybridized carbons (Fsp3) is 0.588. The van der Waals surface area contributed by atoms with E-state index in [-0.39, 0.29) is 18.6 Å². The summed E-state index contributed by atoms with van der Waals surface area (Å²) in [5, 5.41) is -1.10. The molecule has 0 saturated carbocycles. The first-order chi connectivity index (χ1) is 11.8. The average molecular weight is 369 g/mol. The normalized spacial score (nSPS) is 23.6. The Hall–Kier alpha value is -1.64. The minimum absolute atomic E-state index is 0.211. The lowest BCUT2D eigenvalue weighted by Gasteiger charge is -2.21. The van der Waals surface area contributed by atoms with Crippen molar-refractivity contribution in [3.05, 3.63) is 29.8 Å². The van der Waals surface area contributed by atoms with Crippen LogP contribution in [0, 0.1) is 5.92 Å². The summed E-state index contributed by atoms with van der Waals surface area (Å²) in [4.78, 5) is 12.3. The van der Waals surface area contributed by atoms with Gasteiger partial charge in [-0.2, -0.15) is 0 Å². The van der Waals surface area contributed by atoms with Crippen molar-refractivity contribution < 1.29 is 17.9 Å². The van der Waals surface area contributed by atoms with Gasteiger partial charge in [0.05, 0.1) is 6.61 Å². The fourth-order valence-electron chi connectivity index (χ4n) is 2.92. The van der Waals surface area contributed by atoms with Crippen molar-refractivity contribution in [1.82, 2.24) is 10.9 Å². The number of carbonyl (C=O) groups excluding carboxylic acids is 1. The summed E-state index contributed by atoms with van der Waals surface area (Å²) in [6.45, 7) is 7.88. The molecule has 0 aromatic heterocycles. The second-order valence-electron chi connectivity index (χ2n) is 6.43. The lowest BCUT2D eigenvalue weighted by Crippen LogP contribution is -2.44. The third kappa shape index (κ3) is 4.50. The first-order valence-electron chi connectivity index (χ1n) is 8.59. The van der Waals surface area contributed by atoms with Gasteiger partial charge < -0.3 is 4.74 Å². The lowest BCUT2D eigenvalue weighted by molar-refractivity contribution is -0.148. The quantitative estimate of drug-likeness (QED) is 0.636. The van der Waals surface area contributed by atoms with E-state index >= 15 is 0 Å². The summed E-state index contributed by atoms with van der Waals surface area (Å²) in [5.41, 5.74) is 7.16. The summed E-state index contributed by atoms with van der Waals surface area (Å²) < 4.78 is 33.3. The molecule has 0 amide bonds. The van der Waals surface area contributed by atoms with Crippen LogP contribution in [-0.4, -0.2) is 32.4 Å². The molecule has 1 fully saturated rings. The molecule has 0 radical (unpaired) electrons. The summed E-state index contributed by atoms with van der Waals surface area (Å²) in [7, 11) is -3.84. The number of ether oxygens (including phenoxy) is 1. The number of sulfonamides is 1. The molecule has 8 heteroatoms. The molecule has 3 unspecified atom stereocenters. The van der Waals surface area contributed by atoms with Crippen molar-refractivity contribution in [2.45, 2.75) is 51.4 Å². The maximum atomic E-state index is 12.8. The molecule has 1 aliphatic rings. The van der Waals surface area contributed by atoms with Crippen LogP contribution >= 0.6 is 0 Å². The SMILES string of the molecule is CCOC(=O)C1C(CC)NNC1S(=O)(=O)Nc1cccc(C(C)C)c1. The third-order valence-corrected chi connectivity index (χ3v) is 5.92. The zero-order valence-electron chi connectivity index (χ0n) is 15.1. The van der Waals surface area contributed by atoms with Gasteiger partial charge in [-0.25, -0.2) is 13.8 Å². The highest BCUT2D eigenvalue weighted by atomic mass is 32.2. The van der Waals surface area contributed by atoms with Crippen LogP contribution in [-0.2, 0) is 19.6 Å². The van der Waals surface area contributed by atoms with E-state index in [4.69, 9.17) is 4.74 Å². The van der Waals surface area contributed by atoms with E-state index in [1.165, 1.54) is 0 Å². The van der Waals surface area contributed by atoms with Gasteiger partial charge >= 0.3 is 5.97 Å². The maximum absolute atomic E-state index is 12.8. The number of anilines is 1. The predicted octanol–water partition coefficient (Wildman–Crippen LogP) is 1.94. The van der Waals surface area contributed by atoms with Crippen LogP contribution < -0.4 is 15.6 Å². The van der Waals surface area contributed by atoms with E-state index in [0.717, 1.165) is 5.56 Å². The van der Waals surface area contributed by atoms with Gasteiger partial charge in [0.15, 0.2) is 5.37 Å². The topological polar surface area (TPSA) is 96.5 Å². The van der Waals surface area contributed by atoms with Gasteiger partial charge in [-0.15, -0.1) is 0 Å². The number of hydrogen-bond donors (Lipinski definition) is 3. The van der Waals surface area contributed by atoms with Crippen LogP contribution in [0.25, 0.3) is 0 Å². The van der Waals surface area contributed by atoms with Crippen LogP contribution in [0.1, 0.15) is 45.6 Å². The summed E-state index contributed by atoms with van der Waals surface area (Å²) >= 11 is 0. The standard InChI is InChI=1S/C17H27N3O4S/c1-5-14-15(17(21)24-6-2)16(19-18-14)25(22,23)20-13-9-7-8-12(10-13)11(3)4/h7-11,14-16,18-20H,5-6H2,1-4H3. The molecule has 3 atom stereocenters. The molecule has 7 nitrogen and oxygen atoms in total. The molecule has 140 valence electrons. The zero-order valence-corrected chi connectivity index (χ0v) is 15.9. The Kier molecular flexibility index (Phi) is 6.42. The predicted molar refractivity (Wildman–Crippen MR) is 97.3 cm³/mol. The molecular weight excluding hydrogens is 342 g/mol. The first-order valence-corrected chi connectivity index (χ1v) is 10.1. The number of benzene rings is 1. The van der Waals surface area contributed by atoms with E-state index in [1.807, 2.05) is 32.9 Å². The number of nitrogens with one attached hydrogen (secondary N) is 3. The number of hydrogen-bond acceptors (Lipinski definition) is 6. The van der Waals surface area contributed by atoms with E-state index in [0.29, 0.717) is 12.1 Å². The lowest BCUT2D eigenvalue weighted by atomic mass is 10.00. The first kappa shape index (κ1) is 19.7. The average Bonchev–Trinajstić information content (AvgIpc) is 3.00. The van der Waals surface area contributed by atoms with Crippen LogP contribution in [0.15, 0.2) is 24.3 Å². The second-order valence-corrected chi connectivity index (χ2v) is 8.23. The van der Waals surface area contributed by atoms with Crippen molar-refractivity contribution >= 4 is 21.7 Å². The van der Waals surface area contributed by atoms with Gasteiger partial charge in [0.2, 0.25) is 0 Å². The fourth-order valence-corrected chi connectivity index (χ4v) is 4.41. The van der Waals surface area contributed by atoms with Crippen molar-refractivity contribution in [2.24, 2.45) is 5.92 Å². The highest BCUT2D eigenvalue weighted by Gasteiger charge is 2.48. The molecule has 1 aromatic rings. The number of carbonyl (C=O) groups is 1. The van der Waals surface area contributed by atoms with Crippen LogP contribution in [0.4, 0.5) is 5.69 Å². The Labute approximate surface area is 149 Å². The Balaban J connectivity index is 2.25. The zero-order chi connectivity index (χ0) is 18.6. The van der Waals surface area contributed by atoms with Gasteiger partial charge in [-0.05, 0) is 37.0 Å². The summed E-state index contributed by atoms with van der Waals surface area (Å²) in [6, 6.07) is 6.96. The molecule has 2 rings (SSSR count). The molecular formula is C17H27N3O4S. The molecule has 25 heavy (non-hydrogen) atoms. The Bertz CT molecular complexity index is 706. The van der Waals surface area contributed by atoms with Crippen molar-refractivity contribution in [1.29, 1.82) is 0 Å². The summed E-state index contributed by atoms with van der Waals surface area (Å²) in [6.07, 6.45) is 0.603. The molecule has 1 aromatic carbocycles.